The van der Waals surface area contributed by atoms with Gasteiger partial charge in [0.15, 0.2) is 0 Å². The second-order valence-electron chi connectivity index (χ2n) is 4.72. The zero-order valence-corrected chi connectivity index (χ0v) is 10.6. The Hall–Kier alpha value is -2.03. The van der Waals surface area contributed by atoms with E-state index in [4.69, 9.17) is 10.4 Å². The number of aromatic nitrogens is 2. The largest absolute Gasteiger partial charge is 0.481 e. The van der Waals surface area contributed by atoms with E-state index >= 15 is 0 Å². The van der Waals surface area contributed by atoms with Crippen molar-refractivity contribution in [1.29, 1.82) is 5.26 Å². The molecule has 6 heteroatoms. The molecule has 1 unspecified atom stereocenters. The Labute approximate surface area is 105 Å². The number of anilines is 1. The minimum absolute atomic E-state index is 0.157. The number of nitriles is 1. The van der Waals surface area contributed by atoms with Gasteiger partial charge in [-0.2, -0.15) is 10.4 Å². The minimum atomic E-state index is -0.761. The van der Waals surface area contributed by atoms with Gasteiger partial charge in [-0.1, -0.05) is 0 Å². The molecule has 6 nitrogen and oxygen atoms in total. The van der Waals surface area contributed by atoms with Gasteiger partial charge in [0, 0.05) is 26.6 Å². The van der Waals surface area contributed by atoms with Crippen LogP contribution in [-0.2, 0) is 11.8 Å². The third-order valence-corrected chi connectivity index (χ3v) is 3.35. The predicted molar refractivity (Wildman–Crippen MR) is 65.2 cm³/mol. The summed E-state index contributed by atoms with van der Waals surface area (Å²) in [4.78, 5) is 12.8. The Kier molecular flexibility index (Phi) is 3.24. The molecule has 1 atom stereocenters. The van der Waals surface area contributed by atoms with E-state index in [1.165, 1.54) is 0 Å². The number of hydrogen-bond acceptors (Lipinski definition) is 4. The van der Waals surface area contributed by atoms with Gasteiger partial charge in [-0.05, 0) is 19.3 Å². The van der Waals surface area contributed by atoms with E-state index < -0.39 is 5.97 Å². The average molecular weight is 248 g/mol. The van der Waals surface area contributed by atoms with Gasteiger partial charge in [0.05, 0.1) is 5.69 Å². The number of carboxylic acid groups (broad SMARTS) is 1. The lowest BCUT2D eigenvalue weighted by molar-refractivity contribution is -0.137. The topological polar surface area (TPSA) is 82.2 Å². The fourth-order valence-electron chi connectivity index (χ4n) is 2.58. The Morgan fingerprint density at radius 2 is 2.39 bits per heavy atom. The number of aliphatic carboxylic acids is 1. The number of nitrogens with zero attached hydrogens (tertiary/aromatic N) is 4. The summed E-state index contributed by atoms with van der Waals surface area (Å²) < 4.78 is 1.71. The first-order chi connectivity index (χ1) is 8.52. The van der Waals surface area contributed by atoms with Gasteiger partial charge in [0.25, 0.3) is 0 Å². The Balaban J connectivity index is 2.20. The van der Waals surface area contributed by atoms with Crippen LogP contribution < -0.4 is 4.90 Å². The molecule has 0 aromatic carbocycles. The summed E-state index contributed by atoms with van der Waals surface area (Å²) in [5.41, 5.74) is 1.31. The molecule has 1 aromatic rings. The van der Waals surface area contributed by atoms with Gasteiger partial charge in [0.1, 0.15) is 17.5 Å². The van der Waals surface area contributed by atoms with Crippen molar-refractivity contribution >= 4 is 11.8 Å². The third-order valence-electron chi connectivity index (χ3n) is 3.35. The lowest BCUT2D eigenvalue weighted by atomic mass is 10.1. The Bertz CT molecular complexity index is 515. The molecule has 0 amide bonds. The van der Waals surface area contributed by atoms with Crippen LogP contribution >= 0.6 is 0 Å². The second kappa shape index (κ2) is 4.69. The molecule has 0 radical (unpaired) electrons. The van der Waals surface area contributed by atoms with Gasteiger partial charge in [-0.25, -0.2) is 0 Å². The van der Waals surface area contributed by atoms with Crippen LogP contribution in [0.5, 0.6) is 0 Å². The molecule has 1 aliphatic rings. The van der Waals surface area contributed by atoms with Crippen molar-refractivity contribution in [2.24, 2.45) is 13.0 Å². The van der Waals surface area contributed by atoms with Crippen LogP contribution in [0.4, 0.5) is 5.82 Å². The number of carbonyl (C=O) groups is 1. The van der Waals surface area contributed by atoms with Crippen LogP contribution in [0.1, 0.15) is 24.1 Å². The maximum Gasteiger partial charge on any atom is 0.303 e. The van der Waals surface area contributed by atoms with Crippen LogP contribution in [-0.4, -0.2) is 33.9 Å². The molecule has 0 spiro atoms. The SMILES string of the molecule is Cc1nn(C)c(N2CCC(CC(=O)O)C2)c1C#N. The molecular weight excluding hydrogens is 232 g/mol. The van der Waals surface area contributed by atoms with Gasteiger partial charge >= 0.3 is 5.97 Å². The zero-order chi connectivity index (χ0) is 13.3. The summed E-state index contributed by atoms with van der Waals surface area (Å²) in [6.45, 7) is 3.28. The van der Waals surface area contributed by atoms with E-state index in [2.05, 4.69) is 16.1 Å². The summed E-state index contributed by atoms with van der Waals surface area (Å²) in [6.07, 6.45) is 1.04. The number of rotatable bonds is 3. The summed E-state index contributed by atoms with van der Waals surface area (Å²) in [5, 5.41) is 22.2. The molecule has 0 bridgehead atoms. The van der Waals surface area contributed by atoms with Crippen LogP contribution in [0, 0.1) is 24.2 Å². The molecule has 0 aliphatic carbocycles. The van der Waals surface area contributed by atoms with Crippen molar-refractivity contribution in [1.82, 2.24) is 9.78 Å². The van der Waals surface area contributed by atoms with E-state index in [0.29, 0.717) is 12.1 Å². The van der Waals surface area contributed by atoms with Gasteiger partial charge < -0.3 is 10.0 Å². The molecule has 1 saturated heterocycles. The molecule has 2 rings (SSSR count). The number of hydrogen-bond donors (Lipinski definition) is 1. The standard InChI is InChI=1S/C12H16N4O2/c1-8-10(6-13)12(15(2)14-8)16-4-3-9(7-16)5-11(17)18/h9H,3-5,7H2,1-2H3,(H,17,18). The first-order valence-corrected chi connectivity index (χ1v) is 5.93. The molecule has 96 valence electrons. The first kappa shape index (κ1) is 12.4. The van der Waals surface area contributed by atoms with E-state index in [-0.39, 0.29) is 12.3 Å². The Morgan fingerprint density at radius 1 is 1.67 bits per heavy atom. The Morgan fingerprint density at radius 3 is 3.00 bits per heavy atom. The smallest absolute Gasteiger partial charge is 0.303 e. The average Bonchev–Trinajstić information content (AvgIpc) is 2.81. The highest BCUT2D eigenvalue weighted by Crippen LogP contribution is 2.29. The normalized spacial score (nSPS) is 18.9. The molecular formula is C12H16N4O2. The quantitative estimate of drug-likeness (QED) is 0.859. The maximum atomic E-state index is 10.7. The van der Waals surface area contributed by atoms with E-state index in [0.717, 1.165) is 24.5 Å². The number of carboxylic acids is 1. The van der Waals surface area contributed by atoms with Crippen molar-refractivity contribution in [2.45, 2.75) is 19.8 Å². The van der Waals surface area contributed by atoms with Crippen LogP contribution in [0.15, 0.2) is 0 Å². The first-order valence-electron chi connectivity index (χ1n) is 5.93. The highest BCUT2D eigenvalue weighted by Gasteiger charge is 2.28. The maximum absolute atomic E-state index is 10.7. The fraction of sp³-hybridized carbons (Fsp3) is 0.583. The summed E-state index contributed by atoms with van der Waals surface area (Å²) in [5.74, 6) is 0.204. The molecule has 0 saturated carbocycles. The third kappa shape index (κ3) is 2.16. The highest BCUT2D eigenvalue weighted by molar-refractivity contribution is 5.67. The van der Waals surface area contributed by atoms with Crippen molar-refractivity contribution in [3.05, 3.63) is 11.3 Å². The van der Waals surface area contributed by atoms with E-state index in [1.807, 2.05) is 14.0 Å². The van der Waals surface area contributed by atoms with E-state index in [9.17, 15) is 4.79 Å². The van der Waals surface area contributed by atoms with Crippen LogP contribution in [0.3, 0.4) is 0 Å². The zero-order valence-electron chi connectivity index (χ0n) is 10.6. The summed E-state index contributed by atoms with van der Waals surface area (Å²) in [6, 6.07) is 2.18. The summed E-state index contributed by atoms with van der Waals surface area (Å²) in [7, 11) is 1.81. The molecule has 1 N–H and O–H groups in total. The van der Waals surface area contributed by atoms with Crippen molar-refractivity contribution in [3.8, 4) is 6.07 Å². The predicted octanol–water partition coefficient (Wildman–Crippen LogP) is 0.901. The molecule has 18 heavy (non-hydrogen) atoms. The van der Waals surface area contributed by atoms with Gasteiger partial charge in [-0.3, -0.25) is 9.48 Å². The van der Waals surface area contributed by atoms with Crippen molar-refractivity contribution in [3.63, 3.8) is 0 Å². The molecule has 2 heterocycles. The number of aryl methyl sites for hydroxylation is 2. The molecule has 1 aromatic heterocycles. The molecule has 1 fully saturated rings. The molecule has 1 aliphatic heterocycles. The second-order valence-corrected chi connectivity index (χ2v) is 4.72. The van der Waals surface area contributed by atoms with Crippen molar-refractivity contribution in [2.75, 3.05) is 18.0 Å². The van der Waals surface area contributed by atoms with Crippen molar-refractivity contribution < 1.29 is 9.90 Å². The van der Waals surface area contributed by atoms with Crippen LogP contribution in [0.2, 0.25) is 0 Å². The lowest BCUT2D eigenvalue weighted by Crippen LogP contribution is -2.23. The van der Waals surface area contributed by atoms with Gasteiger partial charge in [-0.15, -0.1) is 0 Å². The lowest BCUT2D eigenvalue weighted by Gasteiger charge is -2.18. The van der Waals surface area contributed by atoms with E-state index in [1.54, 1.807) is 4.68 Å². The van der Waals surface area contributed by atoms with Crippen LogP contribution in [0.25, 0.3) is 0 Å². The van der Waals surface area contributed by atoms with Gasteiger partial charge in [0.2, 0.25) is 0 Å². The minimum Gasteiger partial charge on any atom is -0.481 e. The highest BCUT2D eigenvalue weighted by atomic mass is 16.4. The monoisotopic (exact) mass is 248 g/mol. The summed E-state index contributed by atoms with van der Waals surface area (Å²) >= 11 is 0. The fourth-order valence-corrected chi connectivity index (χ4v) is 2.58.